The Balaban J connectivity index is 1.63. The maximum Gasteiger partial charge on any atom is 0.273 e. The number of carbonyl (C=O) groups is 2. The highest BCUT2D eigenvalue weighted by molar-refractivity contribution is 7.10. The Hall–Kier alpha value is -3.72. The number of hydrogen-bond donors (Lipinski definition) is 0. The fourth-order valence-electron chi connectivity index (χ4n) is 4.77. The summed E-state index contributed by atoms with van der Waals surface area (Å²) >= 11 is 1.69. The van der Waals surface area contributed by atoms with Crippen molar-refractivity contribution in [1.82, 2.24) is 9.80 Å². The summed E-state index contributed by atoms with van der Waals surface area (Å²) in [5.41, 5.74) is 2.66. The zero-order chi connectivity index (χ0) is 26.7. The summed E-state index contributed by atoms with van der Waals surface area (Å²) in [5.74, 6) is 0.302. The first kappa shape index (κ1) is 26.3. The zero-order valence-corrected chi connectivity index (χ0v) is 22.3. The lowest BCUT2D eigenvalue weighted by molar-refractivity contribution is -0.385. The zero-order valence-electron chi connectivity index (χ0n) is 21.5. The number of methoxy groups -OCH3 is 1. The fourth-order valence-corrected chi connectivity index (χ4v) is 5.67. The van der Waals surface area contributed by atoms with Gasteiger partial charge in [0.15, 0.2) is 0 Å². The van der Waals surface area contributed by atoms with Gasteiger partial charge in [-0.2, -0.15) is 0 Å². The molecular formula is C28H31N3O5S. The van der Waals surface area contributed by atoms with Crippen LogP contribution in [0.5, 0.6) is 5.75 Å². The highest BCUT2D eigenvalue weighted by Gasteiger charge is 2.34. The highest BCUT2D eigenvalue weighted by Crippen LogP contribution is 2.38. The van der Waals surface area contributed by atoms with Crippen molar-refractivity contribution in [2.24, 2.45) is 5.92 Å². The Morgan fingerprint density at radius 2 is 1.92 bits per heavy atom. The van der Waals surface area contributed by atoms with Crippen molar-refractivity contribution in [3.63, 3.8) is 0 Å². The number of fused-ring (bicyclic) bond motifs is 1. The number of nitro benzene ring substituents is 1. The second kappa shape index (κ2) is 11.1. The van der Waals surface area contributed by atoms with Crippen LogP contribution in [-0.2, 0) is 11.2 Å². The van der Waals surface area contributed by atoms with Crippen LogP contribution in [0.25, 0.3) is 0 Å². The molecule has 194 valence electrons. The molecule has 0 saturated carbocycles. The lowest BCUT2D eigenvalue weighted by Gasteiger charge is -2.38. The van der Waals surface area contributed by atoms with E-state index in [1.165, 1.54) is 15.8 Å². The van der Waals surface area contributed by atoms with Crippen LogP contribution in [0.15, 0.2) is 53.9 Å². The highest BCUT2D eigenvalue weighted by atomic mass is 32.1. The molecule has 0 radical (unpaired) electrons. The molecule has 3 aromatic rings. The molecule has 0 fully saturated rings. The van der Waals surface area contributed by atoms with Gasteiger partial charge < -0.3 is 14.5 Å². The van der Waals surface area contributed by atoms with Crippen LogP contribution in [0.2, 0.25) is 0 Å². The Labute approximate surface area is 220 Å². The quantitative estimate of drug-likeness (QED) is 0.298. The number of thiophene rings is 1. The van der Waals surface area contributed by atoms with E-state index < -0.39 is 4.92 Å². The van der Waals surface area contributed by atoms with Crippen LogP contribution in [0.4, 0.5) is 5.69 Å². The number of hydrogen-bond acceptors (Lipinski definition) is 6. The molecule has 0 bridgehead atoms. The molecule has 1 aromatic heterocycles. The first-order valence-electron chi connectivity index (χ1n) is 12.2. The third-order valence-electron chi connectivity index (χ3n) is 6.57. The molecule has 1 atom stereocenters. The van der Waals surface area contributed by atoms with E-state index in [4.69, 9.17) is 4.74 Å². The topological polar surface area (TPSA) is 93.0 Å². The van der Waals surface area contributed by atoms with Crippen molar-refractivity contribution < 1.29 is 19.2 Å². The monoisotopic (exact) mass is 521 g/mol. The predicted octanol–water partition coefficient (Wildman–Crippen LogP) is 5.25. The van der Waals surface area contributed by atoms with Crippen molar-refractivity contribution >= 4 is 28.8 Å². The molecule has 1 unspecified atom stereocenters. The van der Waals surface area contributed by atoms with E-state index in [0.29, 0.717) is 18.7 Å². The van der Waals surface area contributed by atoms with Crippen molar-refractivity contribution in [2.75, 3.05) is 26.7 Å². The van der Waals surface area contributed by atoms with Gasteiger partial charge in [0.05, 0.1) is 18.1 Å². The van der Waals surface area contributed by atoms with Gasteiger partial charge in [-0.3, -0.25) is 19.7 Å². The van der Waals surface area contributed by atoms with Gasteiger partial charge in [0.2, 0.25) is 5.91 Å². The number of aryl methyl sites for hydroxylation is 1. The Bertz CT molecular complexity index is 1300. The van der Waals surface area contributed by atoms with Gasteiger partial charge in [0, 0.05) is 35.2 Å². The Morgan fingerprint density at radius 1 is 1.19 bits per heavy atom. The smallest absolute Gasteiger partial charge is 0.273 e. The molecule has 0 saturated heterocycles. The third-order valence-corrected chi connectivity index (χ3v) is 7.57. The predicted molar refractivity (Wildman–Crippen MR) is 143 cm³/mol. The van der Waals surface area contributed by atoms with Gasteiger partial charge in [-0.1, -0.05) is 32.0 Å². The minimum Gasteiger partial charge on any atom is -0.497 e. The molecule has 1 aliphatic heterocycles. The second-order valence-electron chi connectivity index (χ2n) is 9.65. The molecule has 9 heteroatoms. The summed E-state index contributed by atoms with van der Waals surface area (Å²) in [6.45, 7) is 6.38. The Kier molecular flexibility index (Phi) is 7.92. The molecule has 0 spiro atoms. The maximum absolute atomic E-state index is 13.8. The first-order valence-corrected chi connectivity index (χ1v) is 13.1. The van der Waals surface area contributed by atoms with E-state index in [9.17, 15) is 19.7 Å². The molecule has 0 N–H and O–H groups in total. The van der Waals surface area contributed by atoms with Gasteiger partial charge in [0.25, 0.3) is 11.6 Å². The van der Waals surface area contributed by atoms with Crippen LogP contribution in [0.3, 0.4) is 0 Å². The fraction of sp³-hybridized carbons (Fsp3) is 0.357. The van der Waals surface area contributed by atoms with Crippen molar-refractivity contribution in [1.29, 1.82) is 0 Å². The standard InChI is InChI=1S/C28H31N3O5S/c1-18(2)16-29(28(33)21-6-5-19(3)24(15-21)31(34)35)17-26(32)30-13-11-25-23(12-14-37-25)27(30)20-7-9-22(36-4)10-8-20/h5-10,12,14-15,18,27H,11,13,16-17H2,1-4H3. The van der Waals surface area contributed by atoms with Gasteiger partial charge >= 0.3 is 0 Å². The lowest BCUT2D eigenvalue weighted by Crippen LogP contribution is -2.47. The number of ether oxygens (including phenoxy) is 1. The number of carbonyl (C=O) groups excluding carboxylic acids is 2. The SMILES string of the molecule is COc1ccc(C2c3ccsc3CCN2C(=O)CN(CC(C)C)C(=O)c2ccc(C)c([N+](=O)[O-])c2)cc1. The number of rotatable bonds is 8. The van der Waals surface area contributed by atoms with Gasteiger partial charge in [0.1, 0.15) is 12.3 Å². The largest absolute Gasteiger partial charge is 0.497 e. The average Bonchev–Trinajstić information content (AvgIpc) is 3.36. The summed E-state index contributed by atoms with van der Waals surface area (Å²) in [6.07, 6.45) is 0.758. The minimum absolute atomic E-state index is 0.106. The van der Waals surface area contributed by atoms with Crippen LogP contribution >= 0.6 is 11.3 Å². The van der Waals surface area contributed by atoms with Crippen LogP contribution in [-0.4, -0.2) is 53.3 Å². The van der Waals surface area contributed by atoms with E-state index in [1.807, 2.05) is 48.4 Å². The van der Waals surface area contributed by atoms with Gasteiger partial charge in [-0.05, 0) is 60.0 Å². The summed E-state index contributed by atoms with van der Waals surface area (Å²) in [4.78, 5) is 42.8. The van der Waals surface area contributed by atoms with Crippen LogP contribution in [0, 0.1) is 23.0 Å². The maximum atomic E-state index is 13.8. The average molecular weight is 522 g/mol. The lowest BCUT2D eigenvalue weighted by atomic mass is 9.93. The molecule has 2 heterocycles. The third kappa shape index (κ3) is 5.67. The van der Waals surface area contributed by atoms with E-state index in [1.54, 1.807) is 37.5 Å². The van der Waals surface area contributed by atoms with Crippen LogP contribution < -0.4 is 4.74 Å². The summed E-state index contributed by atoms with van der Waals surface area (Å²) < 4.78 is 5.31. The van der Waals surface area contributed by atoms with Crippen molar-refractivity contribution in [3.05, 3.63) is 91.2 Å². The second-order valence-corrected chi connectivity index (χ2v) is 10.7. The molecule has 0 aliphatic carbocycles. The van der Waals surface area contributed by atoms with E-state index in [2.05, 4.69) is 6.07 Å². The van der Waals surface area contributed by atoms with Gasteiger partial charge in [-0.25, -0.2) is 0 Å². The molecule has 1 aliphatic rings. The number of benzene rings is 2. The summed E-state index contributed by atoms with van der Waals surface area (Å²) in [5, 5.41) is 13.5. The molecule has 2 amide bonds. The Morgan fingerprint density at radius 3 is 2.57 bits per heavy atom. The summed E-state index contributed by atoms with van der Waals surface area (Å²) in [7, 11) is 1.62. The molecular weight excluding hydrogens is 490 g/mol. The molecule has 8 nitrogen and oxygen atoms in total. The first-order chi connectivity index (χ1) is 17.7. The molecule has 2 aromatic carbocycles. The normalized spacial score (nSPS) is 14.8. The van der Waals surface area contributed by atoms with Crippen molar-refractivity contribution in [3.8, 4) is 5.75 Å². The molecule has 4 rings (SSSR count). The van der Waals surface area contributed by atoms with Crippen LogP contribution in [0.1, 0.15) is 51.8 Å². The number of nitro groups is 1. The number of amides is 2. The van der Waals surface area contributed by atoms with E-state index in [0.717, 1.165) is 23.3 Å². The van der Waals surface area contributed by atoms with Crippen molar-refractivity contribution in [2.45, 2.75) is 33.2 Å². The van der Waals surface area contributed by atoms with E-state index >= 15 is 0 Å². The number of nitrogens with zero attached hydrogens (tertiary/aromatic N) is 3. The molecule has 37 heavy (non-hydrogen) atoms. The van der Waals surface area contributed by atoms with E-state index in [-0.39, 0.29) is 41.6 Å². The van der Waals surface area contributed by atoms with Gasteiger partial charge in [-0.15, -0.1) is 11.3 Å². The summed E-state index contributed by atoms with van der Waals surface area (Å²) in [6, 6.07) is 14.0. The minimum atomic E-state index is -0.490.